The molecular weight excluding hydrogens is 375 g/mol. The highest BCUT2D eigenvalue weighted by atomic mass is 35.5. The van der Waals surface area contributed by atoms with Crippen molar-refractivity contribution in [1.29, 1.82) is 0 Å². The van der Waals surface area contributed by atoms with Crippen LogP contribution < -0.4 is 5.32 Å². The average Bonchev–Trinajstić information content (AvgIpc) is 3.20. The van der Waals surface area contributed by atoms with Crippen molar-refractivity contribution in [2.24, 2.45) is 0 Å². The molecule has 4 rings (SSSR count). The van der Waals surface area contributed by atoms with Crippen LogP contribution in [0.4, 0.5) is 4.39 Å². The van der Waals surface area contributed by atoms with Crippen molar-refractivity contribution in [1.82, 2.24) is 19.6 Å². The Balaban J connectivity index is 0.00000196. The minimum absolute atomic E-state index is 0. The lowest BCUT2D eigenvalue weighted by atomic mass is 10.1. The van der Waals surface area contributed by atoms with Gasteiger partial charge in [-0.15, -0.1) is 12.4 Å². The number of thiazole rings is 1. The van der Waals surface area contributed by atoms with E-state index in [2.05, 4.69) is 15.2 Å². The minimum Gasteiger partial charge on any atom is -0.352 e. The van der Waals surface area contributed by atoms with Crippen LogP contribution in [0.5, 0.6) is 0 Å². The second-order valence-corrected chi connectivity index (χ2v) is 7.50. The smallest absolute Gasteiger partial charge is 0.251 e. The van der Waals surface area contributed by atoms with Crippen LogP contribution in [0.15, 0.2) is 30.6 Å². The molecule has 0 aliphatic carbocycles. The number of rotatable bonds is 5. The topological polar surface area (TPSA) is 49.6 Å². The first kappa shape index (κ1) is 19.1. The molecule has 0 saturated carbocycles. The molecule has 0 radical (unpaired) electrons. The number of alkyl halides is 1. The Morgan fingerprint density at radius 1 is 1.35 bits per heavy atom. The van der Waals surface area contributed by atoms with E-state index in [1.165, 1.54) is 0 Å². The molecular formula is C18H22ClFN4OS. The van der Waals surface area contributed by atoms with Gasteiger partial charge in [-0.1, -0.05) is 11.3 Å². The number of carbonyl (C=O) groups is 1. The summed E-state index contributed by atoms with van der Waals surface area (Å²) in [7, 11) is 0. The summed E-state index contributed by atoms with van der Waals surface area (Å²) in [4.78, 5) is 19.8. The quantitative estimate of drug-likeness (QED) is 0.671. The first-order valence-electron chi connectivity index (χ1n) is 8.71. The molecule has 1 N–H and O–H groups in total. The van der Waals surface area contributed by atoms with Crippen LogP contribution in [0.1, 0.15) is 29.6 Å². The zero-order valence-electron chi connectivity index (χ0n) is 14.4. The van der Waals surface area contributed by atoms with Crippen LogP contribution in [0.2, 0.25) is 0 Å². The summed E-state index contributed by atoms with van der Waals surface area (Å²) in [6.45, 7) is 3.20. The summed E-state index contributed by atoms with van der Waals surface area (Å²) >= 11 is 1.58. The van der Waals surface area contributed by atoms with Crippen molar-refractivity contribution < 1.29 is 9.18 Å². The van der Waals surface area contributed by atoms with Crippen molar-refractivity contribution >= 4 is 44.8 Å². The Morgan fingerprint density at radius 2 is 2.15 bits per heavy atom. The van der Waals surface area contributed by atoms with Gasteiger partial charge in [-0.3, -0.25) is 9.20 Å². The Labute approximate surface area is 161 Å². The molecule has 3 heterocycles. The van der Waals surface area contributed by atoms with Crippen molar-refractivity contribution in [3.05, 3.63) is 36.2 Å². The summed E-state index contributed by atoms with van der Waals surface area (Å²) in [5, 5.41) is 2.98. The van der Waals surface area contributed by atoms with E-state index >= 15 is 0 Å². The average molecular weight is 397 g/mol. The van der Waals surface area contributed by atoms with Crippen LogP contribution >= 0.6 is 23.7 Å². The lowest BCUT2D eigenvalue weighted by molar-refractivity contribution is 0.0950. The van der Waals surface area contributed by atoms with E-state index in [0.29, 0.717) is 24.9 Å². The number of halogens is 2. The van der Waals surface area contributed by atoms with Gasteiger partial charge in [0, 0.05) is 37.6 Å². The zero-order valence-corrected chi connectivity index (χ0v) is 16.0. The van der Waals surface area contributed by atoms with Crippen molar-refractivity contribution in [2.75, 3.05) is 26.2 Å². The summed E-state index contributed by atoms with van der Waals surface area (Å²) in [5.74, 6) is -0.0459. The number of piperidine rings is 1. The number of nitrogens with one attached hydrogen (secondary N) is 1. The Hall–Kier alpha value is -1.70. The second kappa shape index (κ2) is 8.33. The summed E-state index contributed by atoms with van der Waals surface area (Å²) in [5.41, 5.74) is 1.75. The Bertz CT molecular complexity index is 888. The third kappa shape index (κ3) is 4.00. The normalized spacial score (nSPS) is 16.0. The monoisotopic (exact) mass is 396 g/mol. The minimum atomic E-state index is -0.633. The third-order valence-corrected chi connectivity index (χ3v) is 5.77. The number of aromatic nitrogens is 2. The molecule has 0 unspecified atom stereocenters. The molecule has 0 atom stereocenters. The van der Waals surface area contributed by atoms with Crippen molar-refractivity contribution in [3.63, 3.8) is 0 Å². The van der Waals surface area contributed by atoms with E-state index in [-0.39, 0.29) is 18.3 Å². The zero-order chi connectivity index (χ0) is 17.2. The van der Waals surface area contributed by atoms with E-state index in [1.807, 2.05) is 28.8 Å². The third-order valence-electron chi connectivity index (χ3n) is 4.74. The Morgan fingerprint density at radius 3 is 2.96 bits per heavy atom. The van der Waals surface area contributed by atoms with Crippen molar-refractivity contribution in [2.45, 2.75) is 25.4 Å². The first-order valence-corrected chi connectivity index (χ1v) is 9.52. The van der Waals surface area contributed by atoms with E-state index in [0.717, 1.165) is 41.2 Å². The number of fused-ring (bicyclic) bond motifs is 3. The highest BCUT2D eigenvalue weighted by Gasteiger charge is 2.17. The van der Waals surface area contributed by atoms with Crippen LogP contribution in [0, 0.1) is 0 Å². The van der Waals surface area contributed by atoms with E-state index in [4.69, 9.17) is 0 Å². The number of nitrogens with zero attached hydrogens (tertiary/aromatic N) is 3. The van der Waals surface area contributed by atoms with Gasteiger partial charge >= 0.3 is 0 Å². The van der Waals surface area contributed by atoms with E-state index < -0.39 is 6.17 Å². The summed E-state index contributed by atoms with van der Waals surface area (Å²) in [6.07, 6.45) is 5.23. The number of hydrogen-bond acceptors (Lipinski definition) is 4. The maximum Gasteiger partial charge on any atom is 0.251 e. The molecule has 1 aliphatic rings. The highest BCUT2D eigenvalue weighted by Crippen LogP contribution is 2.26. The molecule has 2 aromatic heterocycles. The molecule has 140 valence electrons. The number of hydrogen-bond donors (Lipinski definition) is 1. The van der Waals surface area contributed by atoms with E-state index in [9.17, 15) is 9.18 Å². The molecule has 1 saturated heterocycles. The molecule has 0 bridgehead atoms. The van der Waals surface area contributed by atoms with Crippen LogP contribution in [0.25, 0.3) is 15.2 Å². The van der Waals surface area contributed by atoms with Gasteiger partial charge < -0.3 is 10.2 Å². The highest BCUT2D eigenvalue weighted by molar-refractivity contribution is 7.23. The van der Waals surface area contributed by atoms with Gasteiger partial charge in [0.2, 0.25) is 0 Å². The van der Waals surface area contributed by atoms with Gasteiger partial charge in [-0.2, -0.15) is 0 Å². The van der Waals surface area contributed by atoms with Gasteiger partial charge in [0.05, 0.1) is 10.2 Å². The van der Waals surface area contributed by atoms with Gasteiger partial charge in [0.15, 0.2) is 4.96 Å². The molecule has 1 fully saturated rings. The lowest BCUT2D eigenvalue weighted by Crippen LogP contribution is -2.36. The predicted molar refractivity (Wildman–Crippen MR) is 105 cm³/mol. The number of carbonyl (C=O) groups excluding carboxylic acids is 1. The largest absolute Gasteiger partial charge is 0.352 e. The van der Waals surface area contributed by atoms with Gasteiger partial charge in [-0.05, 0) is 44.0 Å². The SMILES string of the molecule is Cl.O=C(NCCCN1CCC(F)CC1)c1ccc2c(c1)sc1nccn12. The number of amides is 1. The summed E-state index contributed by atoms with van der Waals surface area (Å²) in [6, 6.07) is 5.75. The maximum absolute atomic E-state index is 13.1. The van der Waals surface area contributed by atoms with Crippen LogP contribution in [-0.2, 0) is 0 Å². The fraction of sp³-hybridized carbons (Fsp3) is 0.444. The maximum atomic E-state index is 13.1. The van der Waals surface area contributed by atoms with E-state index in [1.54, 1.807) is 17.5 Å². The summed E-state index contributed by atoms with van der Waals surface area (Å²) < 4.78 is 16.2. The molecule has 1 aromatic carbocycles. The van der Waals surface area contributed by atoms with Gasteiger partial charge in [0.25, 0.3) is 5.91 Å². The first-order chi connectivity index (χ1) is 12.2. The standard InChI is InChI=1S/C18H21FN4OS.ClH/c19-14-4-9-22(10-5-14)8-1-6-20-17(24)13-2-3-15-16(12-13)25-18-21-7-11-23(15)18;/h2-3,7,11-12,14H,1,4-6,8-10H2,(H,20,24);1H. The van der Waals surface area contributed by atoms with Crippen molar-refractivity contribution in [3.8, 4) is 0 Å². The molecule has 0 spiro atoms. The molecule has 8 heteroatoms. The second-order valence-electron chi connectivity index (χ2n) is 6.49. The van der Waals surface area contributed by atoms with Crippen LogP contribution in [0.3, 0.4) is 0 Å². The molecule has 5 nitrogen and oxygen atoms in total. The molecule has 3 aromatic rings. The fourth-order valence-electron chi connectivity index (χ4n) is 3.31. The van der Waals surface area contributed by atoms with Crippen LogP contribution in [-0.4, -0.2) is 52.5 Å². The molecule has 26 heavy (non-hydrogen) atoms. The number of likely N-dealkylation sites (tertiary alicyclic amines) is 1. The van der Waals surface area contributed by atoms with Gasteiger partial charge in [0.1, 0.15) is 6.17 Å². The fourth-order valence-corrected chi connectivity index (χ4v) is 4.34. The Kier molecular flexibility index (Phi) is 6.11. The predicted octanol–water partition coefficient (Wildman–Crippen LogP) is 3.52. The van der Waals surface area contributed by atoms with Gasteiger partial charge in [-0.25, -0.2) is 9.37 Å². The molecule has 1 aliphatic heterocycles. The lowest BCUT2D eigenvalue weighted by Gasteiger charge is -2.28. The number of benzene rings is 1. The number of imidazole rings is 1. The molecule has 1 amide bonds.